The van der Waals surface area contributed by atoms with Crippen LogP contribution in [0.1, 0.15) is 5.56 Å². The predicted molar refractivity (Wildman–Crippen MR) is 56.7 cm³/mol. The van der Waals surface area contributed by atoms with Crippen molar-refractivity contribution in [2.45, 2.75) is 6.92 Å². The second-order valence-corrected chi connectivity index (χ2v) is 3.64. The van der Waals surface area contributed by atoms with Crippen LogP contribution in [0.15, 0.2) is 23.1 Å². The van der Waals surface area contributed by atoms with E-state index in [0.717, 1.165) is 10.9 Å². The van der Waals surface area contributed by atoms with E-state index in [1.807, 2.05) is 6.07 Å². The maximum Gasteiger partial charge on any atom is 0.253 e. The molecule has 0 fully saturated rings. The molecule has 0 spiro atoms. The van der Waals surface area contributed by atoms with E-state index >= 15 is 0 Å². The fourth-order valence-electron chi connectivity index (χ4n) is 1.50. The van der Waals surface area contributed by atoms with Crippen molar-refractivity contribution in [3.63, 3.8) is 0 Å². The molecular weight excluding hydrogens is 200 g/mol. The van der Waals surface area contributed by atoms with Crippen LogP contribution in [0.2, 0.25) is 5.15 Å². The molecule has 0 amide bonds. The van der Waals surface area contributed by atoms with Crippen LogP contribution >= 0.6 is 11.6 Å². The molecule has 0 N–H and O–H groups in total. The van der Waals surface area contributed by atoms with E-state index in [-0.39, 0.29) is 5.56 Å². The number of hydrogen-bond acceptors (Lipinski definition) is 2. The standard InChI is InChI=1S/C10H9ClN2O/c1-6-3-7-5-12-9(11)4-8(7)13(2)10(6)14/h3-5H,1-2H3. The van der Waals surface area contributed by atoms with E-state index in [1.54, 1.807) is 30.8 Å². The van der Waals surface area contributed by atoms with E-state index in [4.69, 9.17) is 11.6 Å². The summed E-state index contributed by atoms with van der Waals surface area (Å²) < 4.78 is 1.58. The van der Waals surface area contributed by atoms with Crippen molar-refractivity contribution in [2.24, 2.45) is 7.05 Å². The molecule has 0 atom stereocenters. The smallest absolute Gasteiger partial charge is 0.253 e. The topological polar surface area (TPSA) is 34.9 Å². The number of nitrogens with zero attached hydrogens (tertiary/aromatic N) is 2. The normalized spacial score (nSPS) is 10.8. The number of aromatic nitrogens is 2. The molecule has 2 aromatic rings. The molecule has 0 saturated heterocycles. The van der Waals surface area contributed by atoms with Gasteiger partial charge in [0.1, 0.15) is 5.15 Å². The molecule has 0 aliphatic carbocycles. The highest BCUT2D eigenvalue weighted by Gasteiger charge is 2.03. The number of pyridine rings is 2. The van der Waals surface area contributed by atoms with Gasteiger partial charge in [-0.05, 0) is 19.1 Å². The molecule has 0 aliphatic heterocycles. The van der Waals surface area contributed by atoms with Crippen LogP contribution in [0.3, 0.4) is 0 Å². The lowest BCUT2D eigenvalue weighted by atomic mass is 10.2. The van der Waals surface area contributed by atoms with Crippen LogP contribution in [0, 0.1) is 6.92 Å². The van der Waals surface area contributed by atoms with E-state index in [0.29, 0.717) is 10.7 Å². The monoisotopic (exact) mass is 208 g/mol. The average Bonchev–Trinajstić information content (AvgIpc) is 2.16. The Kier molecular flexibility index (Phi) is 2.04. The van der Waals surface area contributed by atoms with Gasteiger partial charge in [-0.15, -0.1) is 0 Å². The highest BCUT2D eigenvalue weighted by Crippen LogP contribution is 2.15. The lowest BCUT2D eigenvalue weighted by Gasteiger charge is -2.05. The molecule has 3 nitrogen and oxygen atoms in total. The molecule has 0 unspecified atom stereocenters. The Morgan fingerprint density at radius 1 is 1.43 bits per heavy atom. The van der Waals surface area contributed by atoms with Crippen molar-refractivity contribution in [1.29, 1.82) is 0 Å². The quantitative estimate of drug-likeness (QED) is 0.620. The predicted octanol–water partition coefficient (Wildman–Crippen LogP) is 1.90. The summed E-state index contributed by atoms with van der Waals surface area (Å²) in [7, 11) is 1.73. The van der Waals surface area contributed by atoms with Crippen molar-refractivity contribution in [3.05, 3.63) is 39.4 Å². The summed E-state index contributed by atoms with van der Waals surface area (Å²) in [6, 6.07) is 3.51. The molecule has 0 radical (unpaired) electrons. The third-order valence-electron chi connectivity index (χ3n) is 2.25. The van der Waals surface area contributed by atoms with Crippen molar-refractivity contribution in [2.75, 3.05) is 0 Å². The molecule has 0 bridgehead atoms. The second kappa shape index (κ2) is 3.10. The van der Waals surface area contributed by atoms with Crippen molar-refractivity contribution < 1.29 is 0 Å². The van der Waals surface area contributed by atoms with Crippen LogP contribution < -0.4 is 5.56 Å². The molecule has 4 heteroatoms. The van der Waals surface area contributed by atoms with Gasteiger partial charge in [0, 0.05) is 24.2 Å². The van der Waals surface area contributed by atoms with Gasteiger partial charge in [-0.3, -0.25) is 4.79 Å². The highest BCUT2D eigenvalue weighted by molar-refractivity contribution is 6.29. The van der Waals surface area contributed by atoms with Gasteiger partial charge in [0.05, 0.1) is 5.52 Å². The van der Waals surface area contributed by atoms with Crippen LogP contribution in [0.5, 0.6) is 0 Å². The lowest BCUT2D eigenvalue weighted by molar-refractivity contribution is 0.892. The third kappa shape index (κ3) is 1.30. The van der Waals surface area contributed by atoms with Gasteiger partial charge in [0.15, 0.2) is 0 Å². The molecule has 14 heavy (non-hydrogen) atoms. The number of aryl methyl sites for hydroxylation is 2. The fraction of sp³-hybridized carbons (Fsp3) is 0.200. The average molecular weight is 209 g/mol. The minimum atomic E-state index is -0.000216. The van der Waals surface area contributed by atoms with E-state index < -0.39 is 0 Å². The maximum atomic E-state index is 11.6. The first-order valence-electron chi connectivity index (χ1n) is 4.21. The molecule has 2 heterocycles. The van der Waals surface area contributed by atoms with E-state index in [2.05, 4.69) is 4.98 Å². The van der Waals surface area contributed by atoms with Gasteiger partial charge >= 0.3 is 0 Å². The summed E-state index contributed by atoms with van der Waals surface area (Å²) in [6.07, 6.45) is 1.67. The van der Waals surface area contributed by atoms with E-state index in [9.17, 15) is 4.79 Å². The largest absolute Gasteiger partial charge is 0.311 e. The van der Waals surface area contributed by atoms with Crippen molar-refractivity contribution >= 4 is 22.5 Å². The van der Waals surface area contributed by atoms with Gasteiger partial charge in [-0.2, -0.15) is 0 Å². The lowest BCUT2D eigenvalue weighted by Crippen LogP contribution is -2.19. The van der Waals surface area contributed by atoms with Crippen molar-refractivity contribution in [3.8, 4) is 0 Å². The maximum absolute atomic E-state index is 11.6. The minimum absolute atomic E-state index is 0.000216. The van der Waals surface area contributed by atoms with Crippen molar-refractivity contribution in [1.82, 2.24) is 9.55 Å². The zero-order valence-electron chi connectivity index (χ0n) is 7.91. The molecule has 0 aliphatic rings. The molecule has 2 rings (SSSR count). The number of hydrogen-bond donors (Lipinski definition) is 0. The fourth-order valence-corrected chi connectivity index (χ4v) is 1.65. The molecule has 0 saturated carbocycles. The Hall–Kier alpha value is -1.35. The van der Waals surface area contributed by atoms with Crippen LogP contribution in [-0.2, 0) is 7.05 Å². The summed E-state index contributed by atoms with van der Waals surface area (Å²) in [5.74, 6) is 0. The van der Waals surface area contributed by atoms with Crippen LogP contribution in [0.4, 0.5) is 0 Å². The summed E-state index contributed by atoms with van der Waals surface area (Å²) in [4.78, 5) is 15.6. The Morgan fingerprint density at radius 3 is 2.86 bits per heavy atom. The van der Waals surface area contributed by atoms with Gasteiger partial charge in [0.2, 0.25) is 0 Å². The first-order chi connectivity index (χ1) is 6.59. The zero-order chi connectivity index (χ0) is 10.3. The Morgan fingerprint density at radius 2 is 2.14 bits per heavy atom. The SMILES string of the molecule is Cc1cc2cnc(Cl)cc2n(C)c1=O. The third-order valence-corrected chi connectivity index (χ3v) is 2.46. The van der Waals surface area contributed by atoms with Gasteiger partial charge in [-0.1, -0.05) is 11.6 Å². The first kappa shape index (κ1) is 9.21. The Balaban J connectivity index is 2.99. The summed E-state index contributed by atoms with van der Waals surface area (Å²) in [5, 5.41) is 1.32. The molecule has 0 aromatic carbocycles. The molecule has 2 aromatic heterocycles. The number of rotatable bonds is 0. The molecule has 72 valence electrons. The minimum Gasteiger partial charge on any atom is -0.311 e. The van der Waals surface area contributed by atoms with Crippen LogP contribution in [-0.4, -0.2) is 9.55 Å². The Bertz CT molecular complexity index is 560. The van der Waals surface area contributed by atoms with Gasteiger partial charge in [-0.25, -0.2) is 4.98 Å². The summed E-state index contributed by atoms with van der Waals surface area (Å²) >= 11 is 5.76. The summed E-state index contributed by atoms with van der Waals surface area (Å²) in [5.41, 5.74) is 1.52. The van der Waals surface area contributed by atoms with Gasteiger partial charge in [0.25, 0.3) is 5.56 Å². The second-order valence-electron chi connectivity index (χ2n) is 3.26. The first-order valence-corrected chi connectivity index (χ1v) is 4.59. The van der Waals surface area contributed by atoms with Crippen LogP contribution in [0.25, 0.3) is 10.9 Å². The Labute approximate surface area is 86.0 Å². The molecular formula is C10H9ClN2O. The summed E-state index contributed by atoms with van der Waals surface area (Å²) in [6.45, 7) is 1.79. The highest BCUT2D eigenvalue weighted by atomic mass is 35.5. The number of halogens is 1. The number of fused-ring (bicyclic) bond motifs is 1. The van der Waals surface area contributed by atoms with E-state index in [1.165, 1.54) is 0 Å². The zero-order valence-corrected chi connectivity index (χ0v) is 8.67. The van der Waals surface area contributed by atoms with Gasteiger partial charge < -0.3 is 4.57 Å².